The van der Waals surface area contributed by atoms with Gasteiger partial charge in [0.1, 0.15) is 29.3 Å². The molecule has 3 N–H and O–H groups in total. The molecule has 1 aliphatic heterocycles. The molecule has 2 aromatic carbocycles. The van der Waals surface area contributed by atoms with Gasteiger partial charge in [-0.2, -0.15) is 4.98 Å². The van der Waals surface area contributed by atoms with Crippen LogP contribution in [0.2, 0.25) is 0 Å². The molecule has 14 nitrogen and oxygen atoms in total. The average molecular weight is 815 g/mol. The normalized spacial score (nSPS) is 24.3. The average Bonchev–Trinajstić information content (AvgIpc) is 4.10. The Labute approximate surface area is 340 Å². The Bertz CT molecular complexity index is 2230. The summed E-state index contributed by atoms with van der Waals surface area (Å²) in [4.78, 5) is 67.3. The van der Waals surface area contributed by atoms with Crippen LogP contribution in [0, 0.1) is 17.3 Å². The first-order chi connectivity index (χ1) is 27.2. The van der Waals surface area contributed by atoms with Crippen molar-refractivity contribution in [2.24, 2.45) is 17.3 Å². The molecule has 1 unspecified atom stereocenters. The van der Waals surface area contributed by atoms with Gasteiger partial charge in [-0.1, -0.05) is 82.2 Å². The lowest BCUT2D eigenvalue weighted by atomic mass is 9.85. The number of amides is 4. The van der Waals surface area contributed by atoms with E-state index in [1.54, 1.807) is 41.5 Å². The van der Waals surface area contributed by atoms with Gasteiger partial charge in [0, 0.05) is 17.9 Å². The summed E-state index contributed by atoms with van der Waals surface area (Å²) in [6, 6.07) is 14.5. The summed E-state index contributed by atoms with van der Waals surface area (Å²) in [7, 11) is -4.03. The lowest BCUT2D eigenvalue weighted by Gasteiger charge is -2.36. The van der Waals surface area contributed by atoms with Gasteiger partial charge in [0.25, 0.3) is 5.91 Å². The fraction of sp³-hybridized carbons (Fsp3) is 0.535. The zero-order valence-electron chi connectivity index (χ0n) is 34.0. The Morgan fingerprint density at radius 1 is 0.983 bits per heavy atom. The van der Waals surface area contributed by atoms with E-state index in [-0.39, 0.29) is 25.3 Å². The molecule has 4 amide bonds. The molecule has 0 bridgehead atoms. The number of nitrogens with zero attached hydrogens (tertiary/aromatic N) is 3. The van der Waals surface area contributed by atoms with E-state index < -0.39 is 79.2 Å². The predicted octanol–water partition coefficient (Wildman–Crippen LogP) is 5.42. The van der Waals surface area contributed by atoms with Gasteiger partial charge in [0.05, 0.1) is 22.2 Å². The molecule has 1 saturated heterocycles. The van der Waals surface area contributed by atoms with Crippen LogP contribution in [0.4, 0.5) is 4.79 Å². The van der Waals surface area contributed by atoms with E-state index >= 15 is 0 Å². The van der Waals surface area contributed by atoms with Crippen molar-refractivity contribution in [3.05, 3.63) is 67.3 Å². The summed E-state index contributed by atoms with van der Waals surface area (Å²) in [5, 5.41) is 6.23. The minimum Gasteiger partial charge on any atom is -0.472 e. The number of sulfonamides is 1. The summed E-state index contributed by atoms with van der Waals surface area (Å²) in [5.41, 5.74) is -1.85. The molecule has 15 heteroatoms. The lowest BCUT2D eigenvalue weighted by Crippen LogP contribution is -2.60. The van der Waals surface area contributed by atoms with Crippen molar-refractivity contribution in [3.63, 3.8) is 0 Å². The number of ether oxygens (including phenoxy) is 2. The van der Waals surface area contributed by atoms with Crippen molar-refractivity contribution in [2.45, 2.75) is 121 Å². The largest absolute Gasteiger partial charge is 0.472 e. The number of fused-ring (bicyclic) bond motifs is 1. The van der Waals surface area contributed by atoms with Gasteiger partial charge < -0.3 is 25.0 Å². The fourth-order valence-corrected chi connectivity index (χ4v) is 9.59. The van der Waals surface area contributed by atoms with Crippen LogP contribution in [0.3, 0.4) is 0 Å². The minimum absolute atomic E-state index is 0.000866. The highest BCUT2D eigenvalue weighted by molar-refractivity contribution is 7.91. The maximum atomic E-state index is 14.7. The topological polar surface area (TPSA) is 186 Å². The number of carbonyl (C=O) groups is 4. The van der Waals surface area contributed by atoms with E-state index in [1.807, 2.05) is 54.6 Å². The van der Waals surface area contributed by atoms with Gasteiger partial charge >= 0.3 is 6.09 Å². The van der Waals surface area contributed by atoms with E-state index in [0.29, 0.717) is 41.9 Å². The molecular formula is C43H54N6O8S. The van der Waals surface area contributed by atoms with Gasteiger partial charge in [-0.15, -0.1) is 6.58 Å². The van der Waals surface area contributed by atoms with Gasteiger partial charge in [0.15, 0.2) is 5.82 Å². The number of hydrogen-bond donors (Lipinski definition) is 3. The summed E-state index contributed by atoms with van der Waals surface area (Å²) in [6.07, 6.45) is 3.55. The van der Waals surface area contributed by atoms with Gasteiger partial charge in [-0.3, -0.25) is 19.1 Å². The zero-order valence-corrected chi connectivity index (χ0v) is 34.9. The first-order valence-corrected chi connectivity index (χ1v) is 21.5. The van der Waals surface area contributed by atoms with Crippen molar-refractivity contribution >= 4 is 44.7 Å². The molecule has 3 saturated carbocycles. The summed E-state index contributed by atoms with van der Waals surface area (Å²) < 4.78 is 40.7. The first-order valence-electron chi connectivity index (χ1n) is 20.0. The number of aromatic nitrogens is 2. The first kappa shape index (κ1) is 41.1. The second-order valence-corrected chi connectivity index (χ2v) is 20.5. The Morgan fingerprint density at radius 2 is 1.66 bits per heavy atom. The number of nitrogens with one attached hydrogen (secondary N) is 3. The van der Waals surface area contributed by atoms with Crippen LogP contribution in [0.15, 0.2) is 67.3 Å². The highest BCUT2D eigenvalue weighted by Crippen LogP contribution is 2.53. The number of hydrogen-bond acceptors (Lipinski definition) is 10. The van der Waals surface area contributed by atoms with Crippen molar-refractivity contribution in [1.29, 1.82) is 0 Å². The van der Waals surface area contributed by atoms with E-state index in [0.717, 1.165) is 18.4 Å². The molecule has 1 aromatic heterocycles. The summed E-state index contributed by atoms with van der Waals surface area (Å²) in [6.45, 7) is 14.3. The van der Waals surface area contributed by atoms with E-state index in [2.05, 4.69) is 21.9 Å². The van der Waals surface area contributed by atoms with E-state index in [9.17, 15) is 27.6 Å². The lowest BCUT2D eigenvalue weighted by molar-refractivity contribution is -0.143. The Morgan fingerprint density at radius 3 is 2.26 bits per heavy atom. The Kier molecular flexibility index (Phi) is 10.6. The van der Waals surface area contributed by atoms with Gasteiger partial charge in [0.2, 0.25) is 27.7 Å². The molecule has 3 aliphatic carbocycles. The van der Waals surface area contributed by atoms with Crippen molar-refractivity contribution in [2.75, 3.05) is 6.54 Å². The maximum Gasteiger partial charge on any atom is 0.408 e. The minimum atomic E-state index is -4.03. The summed E-state index contributed by atoms with van der Waals surface area (Å²) in [5.74, 6) is -1.55. The molecule has 3 aromatic rings. The third-order valence-corrected chi connectivity index (χ3v) is 13.7. The fourth-order valence-electron chi connectivity index (χ4n) is 7.85. The molecule has 58 heavy (non-hydrogen) atoms. The Balaban J connectivity index is 1.19. The number of likely N-dealkylation sites (tertiary alicyclic amines) is 1. The number of carbonyl (C=O) groups excluding carboxylic acids is 4. The van der Waals surface area contributed by atoms with Crippen LogP contribution in [0.25, 0.3) is 22.3 Å². The molecule has 2 heterocycles. The highest BCUT2D eigenvalue weighted by Gasteiger charge is 2.64. The zero-order chi connectivity index (χ0) is 41.8. The van der Waals surface area contributed by atoms with Gasteiger partial charge in [-0.25, -0.2) is 18.2 Å². The van der Waals surface area contributed by atoms with Crippen LogP contribution >= 0.6 is 0 Å². The molecule has 4 fully saturated rings. The number of benzene rings is 2. The third-order valence-electron chi connectivity index (χ3n) is 11.5. The van der Waals surface area contributed by atoms with E-state index in [1.165, 1.54) is 11.0 Å². The van der Waals surface area contributed by atoms with E-state index in [4.69, 9.17) is 19.4 Å². The predicted molar refractivity (Wildman–Crippen MR) is 218 cm³/mol. The molecule has 0 spiro atoms. The molecule has 0 radical (unpaired) electrons. The second kappa shape index (κ2) is 15.0. The molecule has 7 rings (SSSR count). The van der Waals surface area contributed by atoms with Crippen LogP contribution in [0.1, 0.15) is 86.5 Å². The third kappa shape index (κ3) is 8.55. The second-order valence-electron chi connectivity index (χ2n) is 18.4. The van der Waals surface area contributed by atoms with Crippen LogP contribution in [-0.4, -0.2) is 87.7 Å². The van der Waals surface area contributed by atoms with Crippen molar-refractivity contribution < 1.29 is 37.1 Å². The van der Waals surface area contributed by atoms with Crippen LogP contribution in [0.5, 0.6) is 5.88 Å². The monoisotopic (exact) mass is 814 g/mol. The smallest absolute Gasteiger partial charge is 0.408 e. The van der Waals surface area contributed by atoms with Crippen molar-refractivity contribution in [3.8, 4) is 17.3 Å². The maximum absolute atomic E-state index is 14.7. The van der Waals surface area contributed by atoms with Crippen LogP contribution < -0.4 is 20.1 Å². The highest BCUT2D eigenvalue weighted by atomic mass is 32.2. The molecule has 5 atom stereocenters. The van der Waals surface area contributed by atoms with Crippen LogP contribution in [-0.2, 0) is 29.1 Å². The molecule has 4 aliphatic rings. The number of rotatable bonds is 13. The Hall–Kier alpha value is -5.05. The van der Waals surface area contributed by atoms with Crippen molar-refractivity contribution in [1.82, 2.24) is 30.2 Å². The number of para-hydroxylation sites is 1. The number of alkyl carbamates (subject to hydrolysis) is 1. The SMILES string of the molecule is C=C[C@@H]1C[C@]1(NC(=O)C1C[C@@H](Oc2nc(-c3ccccc3)nc3ccccc23)CN1C(=O)[C@@H](NC(=O)OC(C)(C)C)C(C)(C)C)C(=O)NS(=O)(=O)C1(CC2CC2)CC1. The molecular weight excluding hydrogens is 761 g/mol. The summed E-state index contributed by atoms with van der Waals surface area (Å²) >= 11 is 0. The quantitative estimate of drug-likeness (QED) is 0.188. The van der Waals surface area contributed by atoms with Gasteiger partial charge in [-0.05, 0) is 69.9 Å². The standard InChI is InChI=1S/C43H54N6O8S/c1-8-28-24-43(28,38(52)48-58(54,55)42(20-21-42)23-26-18-19-26)47-35(50)32-22-29(25-49(32)37(51)33(40(2,3)4)45-39(53)57-41(5,6)7)56-36-30-16-12-13-17-31(30)44-34(46-36)27-14-10-9-11-15-27/h8-17,26,28-29,32-33H,1,18-25H2,2-7H3,(H,45,53)(H,47,50)(H,48,52)/t28-,29-,32?,33-,43-/m1/s1. The molecule has 310 valence electrons.